The van der Waals surface area contributed by atoms with Crippen molar-refractivity contribution in [1.82, 2.24) is 19.9 Å². The smallest absolute Gasteiger partial charge is 0.250 e. The molecule has 0 fully saturated rings. The van der Waals surface area contributed by atoms with E-state index in [-0.39, 0.29) is 5.82 Å². The van der Waals surface area contributed by atoms with Crippen molar-refractivity contribution in [2.75, 3.05) is 11.9 Å². The molecule has 2 aromatic heterocycles. The number of fused-ring (bicyclic) bond motifs is 1. The molecule has 0 unspecified atom stereocenters. The topological polar surface area (TPSA) is 75.7 Å². The van der Waals surface area contributed by atoms with E-state index in [0.717, 1.165) is 0 Å². The van der Waals surface area contributed by atoms with Crippen LogP contribution in [0, 0.1) is 5.82 Å². The van der Waals surface area contributed by atoms with Gasteiger partial charge in [0.1, 0.15) is 17.1 Å². The van der Waals surface area contributed by atoms with Crippen molar-refractivity contribution in [2.45, 2.75) is 6.92 Å². The van der Waals surface area contributed by atoms with Gasteiger partial charge in [0.25, 0.3) is 5.88 Å². The minimum absolute atomic E-state index is 0.321. The van der Waals surface area contributed by atoms with Crippen LogP contribution >= 0.6 is 15.9 Å². The van der Waals surface area contributed by atoms with Gasteiger partial charge >= 0.3 is 0 Å². The lowest BCUT2D eigenvalue weighted by Crippen LogP contribution is -2.03. The van der Waals surface area contributed by atoms with E-state index in [1.807, 2.05) is 6.92 Å². The number of nitrogens with one attached hydrogen (secondary N) is 2. The number of imidazole rings is 1. The van der Waals surface area contributed by atoms with Crippen molar-refractivity contribution in [3.8, 4) is 11.6 Å². The predicted octanol–water partition coefficient (Wildman–Crippen LogP) is 3.48. The summed E-state index contributed by atoms with van der Waals surface area (Å²) >= 11 is 3.12. The molecular formula is C13H11BrFN5O. The second kappa shape index (κ2) is 5.65. The average molecular weight is 352 g/mol. The first kappa shape index (κ1) is 13.7. The lowest BCUT2D eigenvalue weighted by molar-refractivity contribution is 0.465. The van der Waals surface area contributed by atoms with E-state index in [0.29, 0.717) is 39.8 Å². The molecule has 3 rings (SSSR count). The molecule has 1 aromatic carbocycles. The van der Waals surface area contributed by atoms with Crippen LogP contribution in [0.15, 0.2) is 29.0 Å². The molecule has 0 spiro atoms. The van der Waals surface area contributed by atoms with Crippen LogP contribution in [0.5, 0.6) is 11.6 Å². The Kier molecular flexibility index (Phi) is 3.70. The molecule has 6 nitrogen and oxygen atoms in total. The molecular weight excluding hydrogens is 341 g/mol. The summed E-state index contributed by atoms with van der Waals surface area (Å²) in [4.78, 5) is 15.6. The second-order valence-electron chi connectivity index (χ2n) is 4.16. The Labute approximate surface area is 127 Å². The van der Waals surface area contributed by atoms with Crippen molar-refractivity contribution in [1.29, 1.82) is 0 Å². The van der Waals surface area contributed by atoms with Gasteiger partial charge in [-0.2, -0.15) is 9.97 Å². The number of anilines is 1. The van der Waals surface area contributed by atoms with Gasteiger partial charge in [0.15, 0.2) is 5.65 Å². The van der Waals surface area contributed by atoms with E-state index in [2.05, 4.69) is 41.2 Å². The normalized spacial score (nSPS) is 10.8. The number of ether oxygens (including phenoxy) is 1. The van der Waals surface area contributed by atoms with Gasteiger partial charge in [-0.1, -0.05) is 0 Å². The van der Waals surface area contributed by atoms with Crippen molar-refractivity contribution < 1.29 is 9.13 Å². The lowest BCUT2D eigenvalue weighted by Gasteiger charge is -2.08. The maximum Gasteiger partial charge on any atom is 0.250 e. The van der Waals surface area contributed by atoms with Crippen LogP contribution in [0.3, 0.4) is 0 Å². The minimum atomic E-state index is -0.356. The number of hydrogen-bond acceptors (Lipinski definition) is 5. The molecule has 8 heteroatoms. The van der Waals surface area contributed by atoms with Crippen LogP contribution in [0.1, 0.15) is 6.92 Å². The number of nitrogens with zero attached hydrogens (tertiary/aromatic N) is 3. The molecule has 0 aliphatic carbocycles. The van der Waals surface area contributed by atoms with Crippen LogP contribution in [0.2, 0.25) is 0 Å². The summed E-state index contributed by atoms with van der Waals surface area (Å²) in [7, 11) is 0. The summed E-state index contributed by atoms with van der Waals surface area (Å²) in [5.74, 6) is 0.852. The molecule has 2 heterocycles. The van der Waals surface area contributed by atoms with E-state index in [9.17, 15) is 4.39 Å². The van der Waals surface area contributed by atoms with Crippen molar-refractivity contribution in [3.63, 3.8) is 0 Å². The molecule has 3 aromatic rings. The zero-order valence-electron chi connectivity index (χ0n) is 11.0. The molecule has 21 heavy (non-hydrogen) atoms. The molecule has 0 aliphatic rings. The molecule has 0 aliphatic heterocycles. The van der Waals surface area contributed by atoms with Crippen molar-refractivity contribution in [2.24, 2.45) is 0 Å². The molecule has 108 valence electrons. The summed E-state index contributed by atoms with van der Waals surface area (Å²) < 4.78 is 19.3. The van der Waals surface area contributed by atoms with Gasteiger partial charge in [-0.15, -0.1) is 0 Å². The fourth-order valence-electron chi connectivity index (χ4n) is 1.77. The van der Waals surface area contributed by atoms with Gasteiger partial charge < -0.3 is 15.0 Å². The number of aromatic amines is 1. The highest BCUT2D eigenvalue weighted by atomic mass is 79.9. The third-order valence-corrected chi connectivity index (χ3v) is 3.30. The van der Waals surface area contributed by atoms with Gasteiger partial charge in [0.2, 0.25) is 5.95 Å². The van der Waals surface area contributed by atoms with Crippen LogP contribution in [-0.2, 0) is 0 Å². The SMILES string of the molecule is CCNc1nc(Oc2ccc(F)c(Br)c2)c2[nH]cnc2n1. The quantitative estimate of drug-likeness (QED) is 0.752. The molecule has 0 atom stereocenters. The Hall–Kier alpha value is -2.22. The summed E-state index contributed by atoms with van der Waals surface area (Å²) in [6, 6.07) is 4.37. The van der Waals surface area contributed by atoms with Crippen LogP contribution in [0.25, 0.3) is 11.2 Å². The Balaban J connectivity index is 2.01. The van der Waals surface area contributed by atoms with E-state index in [4.69, 9.17) is 4.74 Å². The highest BCUT2D eigenvalue weighted by molar-refractivity contribution is 9.10. The molecule has 0 saturated carbocycles. The van der Waals surface area contributed by atoms with Crippen LogP contribution < -0.4 is 10.1 Å². The summed E-state index contributed by atoms with van der Waals surface area (Å²) in [6.45, 7) is 2.62. The maximum absolute atomic E-state index is 13.3. The summed E-state index contributed by atoms with van der Waals surface area (Å²) in [5.41, 5.74) is 1.08. The summed E-state index contributed by atoms with van der Waals surface area (Å²) in [5, 5.41) is 3.01. The number of hydrogen-bond donors (Lipinski definition) is 2. The van der Waals surface area contributed by atoms with Gasteiger partial charge in [-0.05, 0) is 41.1 Å². The summed E-state index contributed by atoms with van der Waals surface area (Å²) in [6.07, 6.45) is 1.52. The first-order valence-corrected chi connectivity index (χ1v) is 7.04. The van der Waals surface area contributed by atoms with E-state index >= 15 is 0 Å². The van der Waals surface area contributed by atoms with Gasteiger partial charge in [-0.3, -0.25) is 0 Å². The van der Waals surface area contributed by atoms with Crippen LogP contribution in [-0.4, -0.2) is 26.5 Å². The Morgan fingerprint density at radius 2 is 2.24 bits per heavy atom. The van der Waals surface area contributed by atoms with E-state index < -0.39 is 0 Å². The Bertz CT molecular complexity index is 791. The van der Waals surface area contributed by atoms with Crippen molar-refractivity contribution >= 4 is 33.0 Å². The standard InChI is InChI=1S/C13H11BrFN5O/c1-2-16-13-19-11-10(17-6-18-11)12(20-13)21-7-3-4-9(15)8(14)5-7/h3-6H,2H2,1H3,(H2,16,17,18,19,20). The zero-order chi connectivity index (χ0) is 14.8. The van der Waals surface area contributed by atoms with E-state index in [1.54, 1.807) is 0 Å². The van der Waals surface area contributed by atoms with Gasteiger partial charge in [0, 0.05) is 6.54 Å². The number of benzene rings is 1. The number of H-pyrrole nitrogens is 1. The average Bonchev–Trinajstić information content (AvgIpc) is 2.92. The fourth-order valence-corrected chi connectivity index (χ4v) is 2.13. The third-order valence-electron chi connectivity index (χ3n) is 2.69. The Morgan fingerprint density at radius 1 is 1.38 bits per heavy atom. The maximum atomic E-state index is 13.3. The largest absolute Gasteiger partial charge is 0.437 e. The number of rotatable bonds is 4. The number of halogens is 2. The highest BCUT2D eigenvalue weighted by Crippen LogP contribution is 2.29. The fraction of sp³-hybridized carbons (Fsp3) is 0.154. The molecule has 0 amide bonds. The zero-order valence-corrected chi connectivity index (χ0v) is 12.6. The minimum Gasteiger partial charge on any atom is -0.437 e. The van der Waals surface area contributed by atoms with Crippen molar-refractivity contribution in [3.05, 3.63) is 34.8 Å². The molecule has 0 radical (unpaired) electrons. The molecule has 0 bridgehead atoms. The molecule has 2 N–H and O–H groups in total. The van der Waals surface area contributed by atoms with Gasteiger partial charge in [-0.25, -0.2) is 9.37 Å². The lowest BCUT2D eigenvalue weighted by atomic mass is 10.3. The highest BCUT2D eigenvalue weighted by Gasteiger charge is 2.12. The predicted molar refractivity (Wildman–Crippen MR) is 80.0 cm³/mol. The first-order valence-electron chi connectivity index (χ1n) is 6.25. The van der Waals surface area contributed by atoms with Gasteiger partial charge in [0.05, 0.1) is 10.8 Å². The van der Waals surface area contributed by atoms with E-state index in [1.165, 1.54) is 24.5 Å². The monoisotopic (exact) mass is 351 g/mol. The third kappa shape index (κ3) is 2.80. The van der Waals surface area contributed by atoms with Crippen LogP contribution in [0.4, 0.5) is 10.3 Å². The Morgan fingerprint density at radius 3 is 3.00 bits per heavy atom. The molecule has 0 saturated heterocycles. The second-order valence-corrected chi connectivity index (χ2v) is 5.02. The first-order chi connectivity index (χ1) is 10.2. The number of aromatic nitrogens is 4.